The van der Waals surface area contributed by atoms with Crippen LogP contribution in [-0.2, 0) is 6.18 Å². The molecule has 4 aromatic rings. The van der Waals surface area contributed by atoms with Crippen LogP contribution in [0.25, 0.3) is 16.8 Å². The first kappa shape index (κ1) is 20.6. The van der Waals surface area contributed by atoms with E-state index >= 15 is 0 Å². The van der Waals surface area contributed by atoms with Crippen molar-refractivity contribution in [2.45, 2.75) is 32.9 Å². The fourth-order valence-corrected chi connectivity index (χ4v) is 3.20. The summed E-state index contributed by atoms with van der Waals surface area (Å²) in [7, 11) is 0. The summed E-state index contributed by atoms with van der Waals surface area (Å²) in [5, 5.41) is 10.9. The molecule has 3 heterocycles. The summed E-state index contributed by atoms with van der Waals surface area (Å²) in [4.78, 5) is 17.6. The lowest BCUT2D eigenvalue weighted by molar-refractivity contribution is -0.137. The number of aryl methyl sites for hydroxylation is 1. The molecule has 7 nitrogen and oxygen atoms in total. The lowest BCUT2D eigenvalue weighted by atomic mass is 10.0. The van der Waals surface area contributed by atoms with Gasteiger partial charge in [0.1, 0.15) is 0 Å². The second-order valence-electron chi connectivity index (χ2n) is 7.33. The molecule has 0 fully saturated rings. The molecule has 0 aliphatic heterocycles. The minimum absolute atomic E-state index is 0.00505. The largest absolute Gasteiger partial charge is 0.416 e. The van der Waals surface area contributed by atoms with Gasteiger partial charge in [0.2, 0.25) is 0 Å². The maximum atomic E-state index is 13.3. The molecule has 0 saturated carbocycles. The first-order valence-electron chi connectivity index (χ1n) is 9.44. The molecule has 0 saturated heterocycles. The number of halogens is 3. The van der Waals surface area contributed by atoms with Gasteiger partial charge in [0.15, 0.2) is 0 Å². The van der Waals surface area contributed by atoms with E-state index in [1.165, 1.54) is 16.9 Å². The Labute approximate surface area is 174 Å². The van der Waals surface area contributed by atoms with Gasteiger partial charge >= 0.3 is 6.18 Å². The Balaban J connectivity index is 1.83. The Kier molecular flexibility index (Phi) is 5.00. The topological polar surface area (TPSA) is 85.8 Å². The van der Waals surface area contributed by atoms with E-state index in [0.717, 1.165) is 12.1 Å². The first-order valence-corrected chi connectivity index (χ1v) is 9.44. The minimum Gasteiger partial charge on any atom is -0.336 e. The van der Waals surface area contributed by atoms with Crippen LogP contribution < -0.4 is 5.32 Å². The highest BCUT2D eigenvalue weighted by atomic mass is 19.4. The van der Waals surface area contributed by atoms with Crippen molar-refractivity contribution in [1.82, 2.24) is 19.9 Å². The van der Waals surface area contributed by atoms with Crippen molar-refractivity contribution in [2.75, 3.05) is 5.32 Å². The molecule has 1 amide bonds. The second kappa shape index (κ2) is 7.53. The van der Waals surface area contributed by atoms with Gasteiger partial charge in [-0.15, -0.1) is 0 Å². The van der Waals surface area contributed by atoms with Crippen LogP contribution in [0, 0.1) is 6.92 Å². The molecular weight excluding hydrogens is 411 g/mol. The quantitative estimate of drug-likeness (QED) is 0.487. The third-order valence-electron chi connectivity index (χ3n) is 4.80. The number of hydrogen-bond donors (Lipinski definition) is 1. The zero-order chi connectivity index (χ0) is 22.3. The Bertz CT molecular complexity index is 1260. The Morgan fingerprint density at radius 1 is 1.23 bits per heavy atom. The number of carbonyl (C=O) groups excluding carboxylic acids is 1. The average Bonchev–Trinajstić information content (AvgIpc) is 3.37. The van der Waals surface area contributed by atoms with Crippen LogP contribution in [0.1, 0.15) is 47.1 Å². The Morgan fingerprint density at radius 3 is 2.65 bits per heavy atom. The van der Waals surface area contributed by atoms with Crippen molar-refractivity contribution in [3.8, 4) is 5.69 Å². The summed E-state index contributed by atoms with van der Waals surface area (Å²) < 4.78 is 46.5. The number of carbonyl (C=O) groups is 1. The number of aromatic nitrogens is 4. The molecule has 0 bridgehead atoms. The van der Waals surface area contributed by atoms with Crippen molar-refractivity contribution in [2.24, 2.45) is 0 Å². The van der Waals surface area contributed by atoms with E-state index < -0.39 is 17.6 Å². The van der Waals surface area contributed by atoms with Crippen LogP contribution in [-0.4, -0.2) is 25.8 Å². The van der Waals surface area contributed by atoms with Gasteiger partial charge in [0, 0.05) is 18.1 Å². The standard InChI is InChI=1S/C21H18F3N5O2/c1-11(2)15-10-14(18-12(3)28-31-20(18)27-15)19(30)26-16-9-13(21(22,23)24)5-6-17(16)29-8-4-7-25-29/h4-11H,1-3H3,(H,26,30). The maximum Gasteiger partial charge on any atom is 0.416 e. The molecule has 0 unspecified atom stereocenters. The number of rotatable bonds is 4. The molecule has 0 spiro atoms. The molecular formula is C21H18F3N5O2. The summed E-state index contributed by atoms with van der Waals surface area (Å²) in [5.41, 5.74) is 0.852. The van der Waals surface area contributed by atoms with E-state index in [-0.39, 0.29) is 22.9 Å². The smallest absolute Gasteiger partial charge is 0.336 e. The van der Waals surface area contributed by atoms with Crippen molar-refractivity contribution in [1.29, 1.82) is 0 Å². The van der Waals surface area contributed by atoms with Crippen LogP contribution >= 0.6 is 0 Å². The lowest BCUT2D eigenvalue weighted by Gasteiger charge is -2.15. The molecule has 0 radical (unpaired) electrons. The average molecular weight is 429 g/mol. The third-order valence-corrected chi connectivity index (χ3v) is 4.80. The zero-order valence-electron chi connectivity index (χ0n) is 16.9. The molecule has 0 aliphatic carbocycles. The molecule has 0 atom stereocenters. The van der Waals surface area contributed by atoms with Gasteiger partial charge in [-0.3, -0.25) is 4.79 Å². The second-order valence-corrected chi connectivity index (χ2v) is 7.33. The summed E-state index contributed by atoms with van der Waals surface area (Å²) in [6.45, 7) is 5.47. The number of alkyl halides is 3. The monoisotopic (exact) mass is 429 g/mol. The lowest BCUT2D eigenvalue weighted by Crippen LogP contribution is -2.17. The van der Waals surface area contributed by atoms with Crippen molar-refractivity contribution in [3.63, 3.8) is 0 Å². The molecule has 1 aromatic carbocycles. The van der Waals surface area contributed by atoms with Crippen LogP contribution in [0.4, 0.5) is 18.9 Å². The van der Waals surface area contributed by atoms with Gasteiger partial charge in [-0.25, -0.2) is 9.67 Å². The van der Waals surface area contributed by atoms with E-state index in [0.29, 0.717) is 22.5 Å². The predicted molar refractivity (Wildman–Crippen MR) is 107 cm³/mol. The van der Waals surface area contributed by atoms with Crippen molar-refractivity contribution in [3.05, 3.63) is 65.2 Å². The molecule has 0 aliphatic rings. The molecule has 31 heavy (non-hydrogen) atoms. The van der Waals surface area contributed by atoms with Gasteiger partial charge in [-0.1, -0.05) is 19.0 Å². The van der Waals surface area contributed by atoms with E-state index in [1.54, 1.807) is 25.3 Å². The van der Waals surface area contributed by atoms with Gasteiger partial charge in [0.25, 0.3) is 11.6 Å². The van der Waals surface area contributed by atoms with Gasteiger partial charge in [0.05, 0.1) is 33.6 Å². The Hall–Kier alpha value is -3.69. The highest BCUT2D eigenvalue weighted by Crippen LogP contribution is 2.34. The van der Waals surface area contributed by atoms with E-state index in [2.05, 4.69) is 20.6 Å². The fraction of sp³-hybridized carbons (Fsp3) is 0.238. The maximum absolute atomic E-state index is 13.3. The number of amides is 1. The molecule has 3 aromatic heterocycles. The highest BCUT2D eigenvalue weighted by molar-refractivity contribution is 6.13. The van der Waals surface area contributed by atoms with Crippen LogP contribution in [0.5, 0.6) is 0 Å². The summed E-state index contributed by atoms with van der Waals surface area (Å²) in [6.07, 6.45) is -1.50. The molecule has 1 N–H and O–H groups in total. The molecule has 10 heteroatoms. The number of fused-ring (bicyclic) bond motifs is 1. The Morgan fingerprint density at radius 2 is 2.00 bits per heavy atom. The fourth-order valence-electron chi connectivity index (χ4n) is 3.20. The number of anilines is 1. The molecule has 4 rings (SSSR count). The number of hydrogen-bond acceptors (Lipinski definition) is 5. The van der Waals surface area contributed by atoms with E-state index in [4.69, 9.17) is 4.52 Å². The normalized spacial score (nSPS) is 12.0. The highest BCUT2D eigenvalue weighted by Gasteiger charge is 2.31. The summed E-state index contributed by atoms with van der Waals surface area (Å²) in [6, 6.07) is 6.33. The van der Waals surface area contributed by atoms with E-state index in [9.17, 15) is 18.0 Å². The van der Waals surface area contributed by atoms with Gasteiger partial charge < -0.3 is 9.84 Å². The number of nitrogens with zero attached hydrogens (tertiary/aromatic N) is 4. The van der Waals surface area contributed by atoms with Gasteiger partial charge in [-0.05, 0) is 43.2 Å². The van der Waals surface area contributed by atoms with Crippen molar-refractivity contribution >= 4 is 22.7 Å². The number of pyridine rings is 1. The first-order chi connectivity index (χ1) is 14.6. The van der Waals surface area contributed by atoms with Crippen molar-refractivity contribution < 1.29 is 22.5 Å². The SMILES string of the molecule is Cc1noc2nc(C(C)C)cc(C(=O)Nc3cc(C(F)(F)F)ccc3-n3cccn3)c12. The third kappa shape index (κ3) is 3.88. The minimum atomic E-state index is -4.57. The number of benzene rings is 1. The summed E-state index contributed by atoms with van der Waals surface area (Å²) >= 11 is 0. The summed E-state index contributed by atoms with van der Waals surface area (Å²) in [5.74, 6) is -0.608. The predicted octanol–water partition coefficient (Wildman–Crippen LogP) is 5.11. The van der Waals surface area contributed by atoms with Crippen LogP contribution in [0.3, 0.4) is 0 Å². The molecule has 160 valence electrons. The van der Waals surface area contributed by atoms with Gasteiger partial charge in [-0.2, -0.15) is 18.3 Å². The number of nitrogens with one attached hydrogen (secondary N) is 1. The van der Waals surface area contributed by atoms with E-state index in [1.807, 2.05) is 13.8 Å². The van der Waals surface area contributed by atoms with Crippen LogP contribution in [0.15, 0.2) is 47.2 Å². The zero-order valence-corrected chi connectivity index (χ0v) is 16.9. The van der Waals surface area contributed by atoms with Crippen LogP contribution in [0.2, 0.25) is 0 Å².